The Labute approximate surface area is 235 Å². The van der Waals surface area contributed by atoms with Crippen molar-refractivity contribution < 1.29 is 22.0 Å². The number of aromatic nitrogens is 2. The quantitative estimate of drug-likeness (QED) is 0.196. The van der Waals surface area contributed by atoms with Crippen LogP contribution in [-0.4, -0.2) is 37.5 Å². The van der Waals surface area contributed by atoms with E-state index in [2.05, 4.69) is 4.98 Å². The minimum Gasteiger partial charge on any atom is -0.455 e. The number of carbonyl (C=O) groups excluding carboxylic acids is 1. The molecular weight excluding hydrogens is 549 g/mol. The summed E-state index contributed by atoms with van der Waals surface area (Å²) in [6.07, 6.45) is 7.92. The second-order valence-electron chi connectivity index (χ2n) is 9.89. The largest absolute Gasteiger partial charge is 0.455 e. The molecular formula is C30H26FN3O4S2. The minimum absolute atomic E-state index is 0.141. The summed E-state index contributed by atoms with van der Waals surface area (Å²) in [6, 6.07) is 11.1. The number of aryl methyl sites for hydroxylation is 2. The van der Waals surface area contributed by atoms with Crippen LogP contribution in [0.25, 0.3) is 44.0 Å². The Bertz CT molecular complexity index is 1870. The molecule has 0 N–H and O–H groups in total. The van der Waals surface area contributed by atoms with Gasteiger partial charge in [-0.05, 0) is 55.7 Å². The Hall–Kier alpha value is -3.89. The molecule has 0 bridgehead atoms. The van der Waals surface area contributed by atoms with E-state index in [9.17, 15) is 17.6 Å². The molecule has 204 valence electrons. The number of anilines is 1. The Morgan fingerprint density at radius 2 is 1.82 bits per heavy atom. The van der Waals surface area contributed by atoms with Gasteiger partial charge in [0.1, 0.15) is 22.2 Å². The van der Waals surface area contributed by atoms with Gasteiger partial charge < -0.3 is 4.42 Å². The van der Waals surface area contributed by atoms with Crippen molar-refractivity contribution in [2.24, 2.45) is 0 Å². The van der Waals surface area contributed by atoms with Gasteiger partial charge >= 0.3 is 0 Å². The first kappa shape index (κ1) is 26.3. The fourth-order valence-corrected chi connectivity index (χ4v) is 6.72. The number of ketones is 1. The Morgan fingerprint density at radius 3 is 2.52 bits per heavy atom. The van der Waals surface area contributed by atoms with E-state index in [4.69, 9.17) is 9.40 Å². The average Bonchev–Trinajstić information content (AvgIpc) is 3.65. The zero-order valence-electron chi connectivity index (χ0n) is 22.2. The van der Waals surface area contributed by atoms with Gasteiger partial charge in [-0.25, -0.2) is 17.8 Å². The third-order valence-corrected chi connectivity index (χ3v) is 9.64. The first-order chi connectivity index (χ1) is 19.1. The lowest BCUT2D eigenvalue weighted by Gasteiger charge is -2.20. The Morgan fingerprint density at radius 1 is 1.07 bits per heavy atom. The highest BCUT2D eigenvalue weighted by Gasteiger charge is 2.26. The second kappa shape index (κ2) is 9.94. The third-order valence-electron chi connectivity index (χ3n) is 7.24. The Balaban J connectivity index is 1.59. The van der Waals surface area contributed by atoms with Gasteiger partial charge in [0.25, 0.3) is 0 Å². The molecule has 6 rings (SSSR count). The average molecular weight is 576 g/mol. The summed E-state index contributed by atoms with van der Waals surface area (Å²) < 4.78 is 46.4. The van der Waals surface area contributed by atoms with Crippen LogP contribution in [0.5, 0.6) is 0 Å². The molecule has 0 saturated carbocycles. The van der Waals surface area contributed by atoms with E-state index in [1.54, 1.807) is 54.9 Å². The highest BCUT2D eigenvalue weighted by molar-refractivity contribution is 7.92. The van der Waals surface area contributed by atoms with E-state index in [0.717, 1.165) is 41.8 Å². The lowest BCUT2D eigenvalue weighted by atomic mass is 9.96. The van der Waals surface area contributed by atoms with Crippen molar-refractivity contribution in [3.05, 3.63) is 76.8 Å². The lowest BCUT2D eigenvalue weighted by molar-refractivity contribution is 0.0989. The molecule has 3 heterocycles. The smallest absolute Gasteiger partial charge is 0.232 e. The van der Waals surface area contributed by atoms with E-state index < -0.39 is 15.8 Å². The molecule has 5 aromatic rings. The summed E-state index contributed by atoms with van der Waals surface area (Å²) in [5, 5.41) is 1.42. The van der Waals surface area contributed by atoms with Crippen LogP contribution in [-0.2, 0) is 22.9 Å². The molecule has 2 aromatic carbocycles. The van der Waals surface area contributed by atoms with Crippen molar-refractivity contribution in [1.82, 2.24) is 9.97 Å². The molecule has 1 aliphatic carbocycles. The van der Waals surface area contributed by atoms with Gasteiger partial charge in [-0.3, -0.25) is 14.1 Å². The molecule has 0 saturated heterocycles. The van der Waals surface area contributed by atoms with Gasteiger partial charge in [0.15, 0.2) is 5.78 Å². The zero-order chi connectivity index (χ0) is 28.2. The van der Waals surface area contributed by atoms with Gasteiger partial charge in [0.05, 0.1) is 23.2 Å². The van der Waals surface area contributed by atoms with E-state index in [1.807, 2.05) is 6.07 Å². The molecule has 0 aliphatic heterocycles. The van der Waals surface area contributed by atoms with Crippen LogP contribution in [0.2, 0.25) is 0 Å². The van der Waals surface area contributed by atoms with Crippen LogP contribution >= 0.6 is 11.3 Å². The molecule has 40 heavy (non-hydrogen) atoms. The highest BCUT2D eigenvalue weighted by atomic mass is 32.2. The SMILES string of the molecule is CCC(=O)c1c(-c2ccc(F)cc2)oc2cc(N(C)S(C)(=O)=O)c(-c3cncc(-c4nc5c(s4)CCC5)c3)cc12. The number of thiazole rings is 1. The van der Waals surface area contributed by atoms with Crippen molar-refractivity contribution in [3.8, 4) is 33.0 Å². The summed E-state index contributed by atoms with van der Waals surface area (Å²) >= 11 is 1.66. The third kappa shape index (κ3) is 4.61. The topological polar surface area (TPSA) is 93.4 Å². The zero-order valence-corrected chi connectivity index (χ0v) is 23.8. The maximum absolute atomic E-state index is 13.7. The maximum atomic E-state index is 13.7. The van der Waals surface area contributed by atoms with Gasteiger partial charge in [0.2, 0.25) is 10.0 Å². The Kier molecular flexibility index (Phi) is 6.54. The minimum atomic E-state index is -3.64. The summed E-state index contributed by atoms with van der Waals surface area (Å²) in [6.45, 7) is 1.76. The molecule has 3 aromatic heterocycles. The molecule has 1 aliphatic rings. The monoisotopic (exact) mass is 575 g/mol. The van der Waals surface area contributed by atoms with Crippen molar-refractivity contribution >= 4 is 43.8 Å². The van der Waals surface area contributed by atoms with Crippen molar-refractivity contribution in [1.29, 1.82) is 0 Å². The number of furan rings is 1. The van der Waals surface area contributed by atoms with Gasteiger partial charge in [-0.1, -0.05) is 6.92 Å². The predicted molar refractivity (Wildman–Crippen MR) is 156 cm³/mol. The fourth-order valence-electron chi connectivity index (χ4n) is 5.08. The van der Waals surface area contributed by atoms with Crippen LogP contribution in [0, 0.1) is 5.82 Å². The molecule has 0 atom stereocenters. The van der Waals surface area contributed by atoms with Gasteiger partial charge in [-0.2, -0.15) is 0 Å². The van der Waals surface area contributed by atoms with E-state index >= 15 is 0 Å². The van der Waals surface area contributed by atoms with E-state index in [0.29, 0.717) is 44.7 Å². The molecule has 10 heteroatoms. The lowest BCUT2D eigenvalue weighted by Crippen LogP contribution is -2.25. The van der Waals surface area contributed by atoms with Crippen molar-refractivity contribution in [2.45, 2.75) is 32.6 Å². The molecule has 7 nitrogen and oxygen atoms in total. The van der Waals surface area contributed by atoms with Crippen molar-refractivity contribution in [2.75, 3.05) is 17.6 Å². The van der Waals surface area contributed by atoms with E-state index in [1.165, 1.54) is 28.4 Å². The normalized spacial score (nSPS) is 13.1. The number of hydrogen-bond acceptors (Lipinski definition) is 7. The summed E-state index contributed by atoms with van der Waals surface area (Å²) in [5.74, 6) is -0.228. The first-order valence-electron chi connectivity index (χ1n) is 12.9. The van der Waals surface area contributed by atoms with Crippen LogP contribution in [0.1, 0.15) is 40.7 Å². The van der Waals surface area contributed by atoms with Crippen LogP contribution < -0.4 is 4.31 Å². The number of halogens is 1. The second-order valence-corrected chi connectivity index (χ2v) is 13.0. The van der Waals surface area contributed by atoms with Crippen molar-refractivity contribution in [3.63, 3.8) is 0 Å². The van der Waals surface area contributed by atoms with E-state index in [-0.39, 0.29) is 12.2 Å². The van der Waals surface area contributed by atoms with Gasteiger partial charge in [0, 0.05) is 64.4 Å². The summed E-state index contributed by atoms with van der Waals surface area (Å²) in [4.78, 5) is 23.8. The highest BCUT2D eigenvalue weighted by Crippen LogP contribution is 2.42. The number of carbonyl (C=O) groups is 1. The first-order valence-corrected chi connectivity index (χ1v) is 15.6. The van der Waals surface area contributed by atoms with Gasteiger partial charge in [-0.15, -0.1) is 11.3 Å². The maximum Gasteiger partial charge on any atom is 0.232 e. The van der Waals surface area contributed by atoms with Crippen LogP contribution in [0.4, 0.5) is 10.1 Å². The number of benzene rings is 2. The predicted octanol–water partition coefficient (Wildman–Crippen LogP) is 6.90. The molecule has 0 unspecified atom stereocenters. The number of sulfonamides is 1. The number of pyridine rings is 1. The van der Waals surface area contributed by atoms with Crippen LogP contribution in [0.15, 0.2) is 59.3 Å². The summed E-state index contributed by atoms with van der Waals surface area (Å²) in [7, 11) is -2.17. The summed E-state index contributed by atoms with van der Waals surface area (Å²) in [5.41, 5.74) is 4.90. The number of rotatable bonds is 7. The standard InChI is InChI=1S/C30H26FN3O4S2/c1-4-25(35)28-22-13-21(18-12-19(16-32-15-18)30-33-23-6-5-7-27(23)39-30)24(34(2)40(3,36)37)14-26(22)38-29(28)17-8-10-20(31)11-9-17/h8-16H,4-7H2,1-3H3. The molecule has 0 spiro atoms. The molecule has 0 fully saturated rings. The number of nitrogens with zero attached hydrogens (tertiary/aromatic N) is 3. The fraction of sp³-hybridized carbons (Fsp3) is 0.233. The van der Waals surface area contributed by atoms with Crippen LogP contribution in [0.3, 0.4) is 0 Å². The number of fused-ring (bicyclic) bond motifs is 2. The molecule has 0 amide bonds. The molecule has 0 radical (unpaired) electrons. The number of hydrogen-bond donors (Lipinski definition) is 0. The number of Topliss-reactive ketones (excluding diaryl/α,β-unsaturated/α-hetero) is 1.